The standard InChI is InChI=1S/C28H41N7O4/c1-20(2)26-27-29-21(3)32-35(27)13-12-34(25(37)19-33-14-16-39-17-15-33)11-7-10-24(36)30-23(28(38)31-26)18-22-8-5-4-6-9-22/h4-6,8-9,20,23,26H,7,10-19H2,1-3H3,(H,30,36)(H,31,38)/t23-,26+/m0/s1. The van der Waals surface area contributed by atoms with Crippen LogP contribution in [0.3, 0.4) is 0 Å². The van der Waals surface area contributed by atoms with E-state index in [1.807, 2.05) is 60.7 Å². The number of hydrogen-bond acceptors (Lipinski definition) is 7. The molecule has 2 atom stereocenters. The molecule has 212 valence electrons. The van der Waals surface area contributed by atoms with E-state index in [2.05, 4.69) is 25.6 Å². The first-order valence-corrected chi connectivity index (χ1v) is 13.9. The molecule has 0 saturated carbocycles. The van der Waals surface area contributed by atoms with E-state index >= 15 is 0 Å². The van der Waals surface area contributed by atoms with Crippen LogP contribution in [0.1, 0.15) is 49.9 Å². The van der Waals surface area contributed by atoms with Gasteiger partial charge in [-0.3, -0.25) is 19.3 Å². The first-order valence-electron chi connectivity index (χ1n) is 13.9. The second kappa shape index (κ2) is 13.7. The maximum absolute atomic E-state index is 13.5. The summed E-state index contributed by atoms with van der Waals surface area (Å²) >= 11 is 0. The highest BCUT2D eigenvalue weighted by molar-refractivity contribution is 5.88. The van der Waals surface area contributed by atoms with Gasteiger partial charge in [-0.25, -0.2) is 9.67 Å². The number of aryl methyl sites for hydroxylation is 1. The zero-order valence-corrected chi connectivity index (χ0v) is 23.3. The molecule has 11 nitrogen and oxygen atoms in total. The van der Waals surface area contributed by atoms with E-state index in [9.17, 15) is 14.4 Å². The molecule has 0 radical (unpaired) electrons. The van der Waals surface area contributed by atoms with E-state index in [0.29, 0.717) is 63.9 Å². The van der Waals surface area contributed by atoms with Crippen molar-refractivity contribution in [2.45, 2.75) is 58.7 Å². The van der Waals surface area contributed by atoms with Gasteiger partial charge < -0.3 is 20.3 Å². The molecule has 2 aliphatic heterocycles. The second-order valence-electron chi connectivity index (χ2n) is 10.7. The summed E-state index contributed by atoms with van der Waals surface area (Å²) in [5, 5.41) is 10.7. The Labute approximate surface area is 230 Å². The minimum atomic E-state index is -0.736. The Morgan fingerprint density at radius 2 is 1.79 bits per heavy atom. The lowest BCUT2D eigenvalue weighted by atomic mass is 10.0. The van der Waals surface area contributed by atoms with Gasteiger partial charge in [-0.05, 0) is 24.8 Å². The largest absolute Gasteiger partial charge is 0.379 e. The van der Waals surface area contributed by atoms with Crippen molar-refractivity contribution in [3.8, 4) is 0 Å². The Bertz CT molecular complexity index is 1110. The minimum absolute atomic E-state index is 0.0244. The highest BCUT2D eigenvalue weighted by Crippen LogP contribution is 2.21. The SMILES string of the molecule is Cc1nc2n(n1)CCN(C(=O)CN1CCOCC1)CCCC(=O)N[C@@H](Cc1ccccc1)C(=O)N[C@@H]2C(C)C. The van der Waals surface area contributed by atoms with E-state index in [-0.39, 0.29) is 30.1 Å². The normalized spacial score (nSPS) is 22.1. The lowest BCUT2D eigenvalue weighted by molar-refractivity contribution is -0.134. The summed E-state index contributed by atoms with van der Waals surface area (Å²) in [6.07, 6.45) is 1.10. The fourth-order valence-corrected chi connectivity index (χ4v) is 5.03. The van der Waals surface area contributed by atoms with Gasteiger partial charge in [-0.1, -0.05) is 44.2 Å². The topological polar surface area (TPSA) is 122 Å². The number of carbonyl (C=O) groups is 3. The van der Waals surface area contributed by atoms with Gasteiger partial charge in [0.1, 0.15) is 17.7 Å². The third kappa shape index (κ3) is 8.09. The molecule has 1 aromatic heterocycles. The monoisotopic (exact) mass is 539 g/mol. The molecular weight excluding hydrogens is 498 g/mol. The fraction of sp³-hybridized carbons (Fsp3) is 0.607. The quantitative estimate of drug-likeness (QED) is 0.583. The van der Waals surface area contributed by atoms with Crippen molar-refractivity contribution in [2.75, 3.05) is 45.9 Å². The zero-order valence-electron chi connectivity index (χ0n) is 23.3. The first-order chi connectivity index (χ1) is 18.8. The van der Waals surface area contributed by atoms with Crippen molar-refractivity contribution >= 4 is 17.7 Å². The van der Waals surface area contributed by atoms with Crippen molar-refractivity contribution in [3.05, 3.63) is 47.5 Å². The van der Waals surface area contributed by atoms with Gasteiger partial charge >= 0.3 is 0 Å². The minimum Gasteiger partial charge on any atom is -0.379 e. The molecule has 11 heteroatoms. The van der Waals surface area contributed by atoms with E-state index in [0.717, 1.165) is 18.7 Å². The van der Waals surface area contributed by atoms with Crippen LogP contribution in [0.25, 0.3) is 0 Å². The number of nitrogens with zero attached hydrogens (tertiary/aromatic N) is 5. The maximum Gasteiger partial charge on any atom is 0.243 e. The zero-order chi connectivity index (χ0) is 27.8. The van der Waals surface area contributed by atoms with Crippen molar-refractivity contribution in [1.82, 2.24) is 35.2 Å². The van der Waals surface area contributed by atoms with Crippen LogP contribution < -0.4 is 10.6 Å². The Morgan fingerprint density at radius 3 is 2.51 bits per heavy atom. The summed E-state index contributed by atoms with van der Waals surface area (Å²) in [6, 6.07) is 8.51. The van der Waals surface area contributed by atoms with Crippen molar-refractivity contribution in [3.63, 3.8) is 0 Å². The molecule has 0 unspecified atom stereocenters. The molecule has 0 bridgehead atoms. The smallest absolute Gasteiger partial charge is 0.243 e. The lowest BCUT2D eigenvalue weighted by Crippen LogP contribution is -2.50. The van der Waals surface area contributed by atoms with Crippen LogP contribution in [0.4, 0.5) is 0 Å². The van der Waals surface area contributed by atoms with Crippen LogP contribution in [0.15, 0.2) is 30.3 Å². The summed E-state index contributed by atoms with van der Waals surface area (Å²) in [6.45, 7) is 10.2. The number of benzene rings is 1. The molecule has 4 rings (SSSR count). The number of ether oxygens (including phenoxy) is 1. The van der Waals surface area contributed by atoms with Gasteiger partial charge in [0, 0.05) is 39.0 Å². The van der Waals surface area contributed by atoms with E-state index < -0.39 is 12.1 Å². The average molecular weight is 540 g/mol. The number of morpholine rings is 1. The number of nitrogens with one attached hydrogen (secondary N) is 2. The van der Waals surface area contributed by atoms with Gasteiger partial charge in [0.2, 0.25) is 17.7 Å². The molecule has 39 heavy (non-hydrogen) atoms. The fourth-order valence-electron chi connectivity index (χ4n) is 5.03. The summed E-state index contributed by atoms with van der Waals surface area (Å²) in [7, 11) is 0. The summed E-state index contributed by atoms with van der Waals surface area (Å²) < 4.78 is 7.23. The van der Waals surface area contributed by atoms with Gasteiger partial charge in [0.15, 0.2) is 0 Å². The van der Waals surface area contributed by atoms with Crippen molar-refractivity contribution < 1.29 is 19.1 Å². The van der Waals surface area contributed by atoms with Crippen LogP contribution >= 0.6 is 0 Å². The molecule has 1 aromatic carbocycles. The molecule has 3 heterocycles. The maximum atomic E-state index is 13.5. The third-order valence-electron chi connectivity index (χ3n) is 7.21. The summed E-state index contributed by atoms with van der Waals surface area (Å²) in [5.41, 5.74) is 0.957. The Balaban J connectivity index is 1.58. The number of rotatable bonds is 5. The molecule has 0 spiro atoms. The number of carbonyl (C=O) groups excluding carboxylic acids is 3. The third-order valence-corrected chi connectivity index (χ3v) is 7.21. The highest BCUT2D eigenvalue weighted by atomic mass is 16.5. The number of amides is 3. The molecule has 1 saturated heterocycles. The molecule has 1 fully saturated rings. The van der Waals surface area contributed by atoms with Crippen molar-refractivity contribution in [1.29, 1.82) is 0 Å². The molecule has 3 amide bonds. The van der Waals surface area contributed by atoms with E-state index in [1.165, 1.54) is 0 Å². The highest BCUT2D eigenvalue weighted by Gasteiger charge is 2.30. The second-order valence-corrected chi connectivity index (χ2v) is 10.7. The van der Waals surface area contributed by atoms with Gasteiger partial charge in [-0.2, -0.15) is 5.10 Å². The van der Waals surface area contributed by atoms with Gasteiger partial charge in [-0.15, -0.1) is 0 Å². The van der Waals surface area contributed by atoms with Crippen LogP contribution in [-0.2, 0) is 32.1 Å². The van der Waals surface area contributed by atoms with Crippen LogP contribution in [0, 0.1) is 12.8 Å². The van der Waals surface area contributed by atoms with E-state index in [4.69, 9.17) is 4.74 Å². The summed E-state index contributed by atoms with van der Waals surface area (Å²) in [4.78, 5) is 48.4. The average Bonchev–Trinajstić information content (AvgIpc) is 3.28. The molecule has 0 aliphatic carbocycles. The summed E-state index contributed by atoms with van der Waals surface area (Å²) in [5.74, 6) is 0.851. The Morgan fingerprint density at radius 1 is 1.05 bits per heavy atom. The van der Waals surface area contributed by atoms with Crippen LogP contribution in [0.2, 0.25) is 0 Å². The Kier molecular flexibility index (Phi) is 10.0. The molecule has 2 aliphatic rings. The number of aromatic nitrogens is 3. The van der Waals surface area contributed by atoms with Crippen LogP contribution in [-0.4, -0.2) is 94.3 Å². The molecular formula is C28H41N7O4. The van der Waals surface area contributed by atoms with Crippen LogP contribution in [0.5, 0.6) is 0 Å². The first kappa shape index (κ1) is 28.7. The van der Waals surface area contributed by atoms with Gasteiger partial charge in [0.25, 0.3) is 0 Å². The predicted molar refractivity (Wildman–Crippen MR) is 146 cm³/mol. The predicted octanol–water partition coefficient (Wildman–Crippen LogP) is 1.08. The van der Waals surface area contributed by atoms with E-state index in [1.54, 1.807) is 0 Å². The Hall–Kier alpha value is -3.31. The number of fused-ring (bicyclic) bond motifs is 1. The lowest BCUT2D eigenvalue weighted by Gasteiger charge is -2.30. The molecule has 2 aromatic rings. The number of hydrogen-bond donors (Lipinski definition) is 2. The molecule has 2 N–H and O–H groups in total. The van der Waals surface area contributed by atoms with Crippen molar-refractivity contribution in [2.24, 2.45) is 5.92 Å². The van der Waals surface area contributed by atoms with Gasteiger partial charge in [0.05, 0.1) is 32.3 Å².